The Bertz CT molecular complexity index is 2620. The molecule has 0 amide bonds. The first-order valence-corrected chi connectivity index (χ1v) is 22.6. The number of allylic oxidation sites excluding steroid dienone is 2. The van der Waals surface area contributed by atoms with Gasteiger partial charge >= 0.3 is 29.8 Å². The van der Waals surface area contributed by atoms with Crippen LogP contribution >= 0.6 is 0 Å². The second-order valence-electron chi connectivity index (χ2n) is 15.6. The van der Waals surface area contributed by atoms with E-state index < -0.39 is 42.1 Å². The quantitative estimate of drug-likeness (QED) is 0.0102. The zero-order valence-corrected chi connectivity index (χ0v) is 39.5. The van der Waals surface area contributed by atoms with Gasteiger partial charge in [0, 0.05) is 23.1 Å². The van der Waals surface area contributed by atoms with Crippen molar-refractivity contribution in [2.75, 3.05) is 31.3 Å². The Balaban J connectivity index is 1.23. The third kappa shape index (κ3) is 16.6. The Morgan fingerprint density at radius 3 is 1.24 bits per heavy atom. The van der Waals surface area contributed by atoms with Gasteiger partial charge in [0.25, 0.3) is 0 Å². The van der Waals surface area contributed by atoms with Crippen molar-refractivity contribution >= 4 is 53.0 Å². The maximum Gasteiger partial charge on any atom is 0.330 e. The highest BCUT2D eigenvalue weighted by molar-refractivity contribution is 5.82. The smallest absolute Gasteiger partial charge is 0.330 e. The maximum absolute atomic E-state index is 12.5. The molecule has 0 radical (unpaired) electrons. The van der Waals surface area contributed by atoms with Crippen molar-refractivity contribution in [3.63, 3.8) is 0 Å². The lowest BCUT2D eigenvalue weighted by Crippen LogP contribution is -2.15. The molecule has 14 heteroatoms. The number of carbonyl (C=O) groups is 5. The lowest BCUT2D eigenvalue weighted by Gasteiger charge is -2.26. The van der Waals surface area contributed by atoms with E-state index in [1.807, 2.05) is 133 Å². The van der Waals surface area contributed by atoms with Gasteiger partial charge in [0.1, 0.15) is 62.1 Å². The summed E-state index contributed by atoms with van der Waals surface area (Å²) < 4.78 is 31.2. The van der Waals surface area contributed by atoms with Crippen LogP contribution in [0.2, 0.25) is 0 Å². The van der Waals surface area contributed by atoms with Gasteiger partial charge in [-0.05, 0) is 101 Å². The van der Waals surface area contributed by atoms with Gasteiger partial charge in [-0.1, -0.05) is 105 Å². The summed E-state index contributed by atoms with van der Waals surface area (Å²) in [5.41, 5.74) is 8.59. The molecule has 0 aliphatic rings. The minimum atomic E-state index is -0.624. The maximum atomic E-state index is 12.5. The van der Waals surface area contributed by atoms with Crippen LogP contribution in [0.4, 0.5) is 17.1 Å². The van der Waals surface area contributed by atoms with E-state index in [-0.39, 0.29) is 57.7 Å². The molecular weight excluding hydrogens is 903 g/mol. The van der Waals surface area contributed by atoms with E-state index in [1.165, 1.54) is 12.2 Å². The molecule has 2 atom stereocenters. The SMILES string of the molecule is C=CC(=C)OCCOC(=O)CCC(=O)OC(C)c1ccc(-c2ccc(N(c3ccc(C=C(C#N)C#N)cc3)c3ccc(-c4ccc(C(C)OC(=O)CCC(=O)OCCOC(=O)C=C)cc4)cc3)cc2)cc1. The summed E-state index contributed by atoms with van der Waals surface area (Å²) in [7, 11) is 0. The van der Waals surface area contributed by atoms with Crippen LogP contribution in [-0.4, -0.2) is 56.3 Å². The average Bonchev–Trinajstić information content (AvgIpc) is 3.40. The van der Waals surface area contributed by atoms with Gasteiger partial charge in [0.15, 0.2) is 0 Å². The summed E-state index contributed by atoms with van der Waals surface area (Å²) >= 11 is 0. The van der Waals surface area contributed by atoms with Gasteiger partial charge in [-0.25, -0.2) is 4.79 Å². The molecule has 14 nitrogen and oxygen atoms in total. The molecule has 0 heterocycles. The number of nitriles is 2. The molecule has 5 aromatic carbocycles. The Morgan fingerprint density at radius 2 is 0.859 bits per heavy atom. The van der Waals surface area contributed by atoms with E-state index in [1.54, 1.807) is 13.8 Å². The van der Waals surface area contributed by atoms with Gasteiger partial charge in [0.05, 0.1) is 25.7 Å². The molecule has 0 fully saturated rings. The van der Waals surface area contributed by atoms with Gasteiger partial charge < -0.3 is 33.3 Å². The molecular formula is C57H53N3O11. The fraction of sp³-hybridized carbons (Fsp3) is 0.211. The van der Waals surface area contributed by atoms with Crippen LogP contribution in [0.3, 0.4) is 0 Å². The number of hydrogen-bond donors (Lipinski definition) is 0. The van der Waals surface area contributed by atoms with Gasteiger partial charge in [-0.2, -0.15) is 10.5 Å². The summed E-state index contributed by atoms with van der Waals surface area (Å²) in [6.07, 6.45) is 2.28. The second-order valence-corrected chi connectivity index (χ2v) is 15.6. The molecule has 0 aliphatic heterocycles. The first-order valence-electron chi connectivity index (χ1n) is 22.6. The number of rotatable bonds is 25. The molecule has 362 valence electrons. The first-order chi connectivity index (χ1) is 34.3. The lowest BCUT2D eigenvalue weighted by atomic mass is 10.0. The van der Waals surface area contributed by atoms with E-state index in [2.05, 4.69) is 24.6 Å². The predicted molar refractivity (Wildman–Crippen MR) is 267 cm³/mol. The van der Waals surface area contributed by atoms with Crippen molar-refractivity contribution in [1.82, 2.24) is 0 Å². The van der Waals surface area contributed by atoms with E-state index in [0.29, 0.717) is 11.3 Å². The van der Waals surface area contributed by atoms with E-state index in [4.69, 9.17) is 28.4 Å². The lowest BCUT2D eigenvalue weighted by molar-refractivity contribution is -0.154. The first kappa shape index (κ1) is 53.0. The van der Waals surface area contributed by atoms with Crippen molar-refractivity contribution in [3.8, 4) is 34.4 Å². The average molecular weight is 956 g/mol. The number of ether oxygens (including phenoxy) is 6. The number of benzene rings is 5. The molecule has 0 saturated carbocycles. The standard InChI is InChI=1S/C57H53N3O11/c1-6-39(3)66-32-33-68-54(62)28-30-56(64)70-40(4)44-10-14-46(15-11-44)48-18-24-51(25-19-48)60(50-22-8-42(9-23-50)36-43(37-58)38-59)52-26-20-49(21-27-52)47-16-12-45(13-17-47)41(5)71-57(65)31-29-55(63)69-35-34-67-53(61)7-2/h6-27,36,40-41H,1-3,28-35H2,4-5H3. The second kappa shape index (κ2) is 27.1. The number of anilines is 3. The van der Waals surface area contributed by atoms with Crippen LogP contribution in [0, 0.1) is 22.7 Å². The summed E-state index contributed by atoms with van der Waals surface area (Å²) in [5, 5.41) is 18.6. The predicted octanol–water partition coefficient (Wildman–Crippen LogP) is 11.2. The van der Waals surface area contributed by atoms with Gasteiger partial charge in [-0.3, -0.25) is 19.2 Å². The van der Waals surface area contributed by atoms with Crippen LogP contribution in [0.25, 0.3) is 28.3 Å². The topological polar surface area (TPSA) is 192 Å². The molecule has 5 aromatic rings. The Labute approximate surface area is 413 Å². The summed E-state index contributed by atoms with van der Waals surface area (Å²) in [5.74, 6) is -2.47. The van der Waals surface area contributed by atoms with Crippen molar-refractivity contribution in [2.45, 2.75) is 51.7 Å². The normalized spacial score (nSPS) is 11.2. The summed E-state index contributed by atoms with van der Waals surface area (Å²) in [4.78, 5) is 62.2. The highest BCUT2D eigenvalue weighted by Crippen LogP contribution is 2.37. The van der Waals surface area contributed by atoms with E-state index in [0.717, 1.165) is 56.5 Å². The third-order valence-corrected chi connectivity index (χ3v) is 10.7. The van der Waals surface area contributed by atoms with Crippen LogP contribution in [-0.2, 0) is 52.4 Å². The number of hydrogen-bond acceptors (Lipinski definition) is 14. The molecule has 71 heavy (non-hydrogen) atoms. The fourth-order valence-electron chi connectivity index (χ4n) is 6.87. The molecule has 0 aromatic heterocycles. The largest absolute Gasteiger partial charge is 0.491 e. The van der Waals surface area contributed by atoms with Crippen LogP contribution < -0.4 is 4.90 Å². The van der Waals surface area contributed by atoms with Crippen LogP contribution in [0.1, 0.15) is 68.4 Å². The monoisotopic (exact) mass is 955 g/mol. The molecule has 0 N–H and O–H groups in total. The van der Waals surface area contributed by atoms with Crippen molar-refractivity contribution < 1.29 is 52.4 Å². The zero-order chi connectivity index (χ0) is 51.1. The minimum Gasteiger partial charge on any atom is -0.491 e. The van der Waals surface area contributed by atoms with Crippen LogP contribution in [0.5, 0.6) is 0 Å². The highest BCUT2D eigenvalue weighted by Gasteiger charge is 2.18. The molecule has 0 saturated heterocycles. The Hall–Kier alpha value is -9.01. The third-order valence-electron chi connectivity index (χ3n) is 10.7. The summed E-state index contributed by atoms with van der Waals surface area (Å²) in [6.45, 7) is 13.9. The number of nitrogens with zero attached hydrogens (tertiary/aromatic N) is 3. The van der Waals surface area contributed by atoms with Crippen LogP contribution in [0.15, 0.2) is 165 Å². The Morgan fingerprint density at radius 1 is 0.507 bits per heavy atom. The van der Waals surface area contributed by atoms with E-state index in [9.17, 15) is 34.5 Å². The van der Waals surface area contributed by atoms with E-state index >= 15 is 0 Å². The number of esters is 5. The van der Waals surface area contributed by atoms with Gasteiger partial charge in [-0.15, -0.1) is 0 Å². The fourth-order valence-corrected chi connectivity index (χ4v) is 6.87. The highest BCUT2D eigenvalue weighted by atomic mass is 16.6. The van der Waals surface area contributed by atoms with Crippen molar-refractivity contribution in [1.29, 1.82) is 10.5 Å². The summed E-state index contributed by atoms with van der Waals surface area (Å²) in [6, 6.07) is 42.8. The molecule has 0 aliphatic carbocycles. The Kier molecular flexibility index (Phi) is 20.2. The minimum absolute atomic E-state index is 0.00383. The molecule has 2 unspecified atom stereocenters. The molecule has 5 rings (SSSR count). The number of carbonyl (C=O) groups excluding carboxylic acids is 5. The molecule has 0 spiro atoms. The van der Waals surface area contributed by atoms with Gasteiger partial charge in [0.2, 0.25) is 0 Å². The van der Waals surface area contributed by atoms with Crippen molar-refractivity contribution in [2.24, 2.45) is 0 Å². The van der Waals surface area contributed by atoms with Crippen molar-refractivity contribution in [3.05, 3.63) is 181 Å². The zero-order valence-electron chi connectivity index (χ0n) is 39.5. The molecule has 0 bridgehead atoms.